The summed E-state index contributed by atoms with van der Waals surface area (Å²) in [6.45, 7) is -1.47. The van der Waals surface area contributed by atoms with Gasteiger partial charge in [-0.3, -0.25) is 4.79 Å². The van der Waals surface area contributed by atoms with Crippen molar-refractivity contribution in [2.24, 2.45) is 17.4 Å². The van der Waals surface area contributed by atoms with Gasteiger partial charge in [-0.15, -0.1) is 0 Å². The number of nitrogens with zero attached hydrogens (tertiary/aromatic N) is 1. The van der Waals surface area contributed by atoms with E-state index in [9.17, 15) is 27.1 Å². The van der Waals surface area contributed by atoms with Crippen LogP contribution in [0.2, 0.25) is 6.32 Å². The Morgan fingerprint density at radius 2 is 2.04 bits per heavy atom. The Morgan fingerprint density at radius 3 is 2.52 bits per heavy atom. The van der Waals surface area contributed by atoms with Gasteiger partial charge in [-0.1, -0.05) is 6.42 Å². The van der Waals surface area contributed by atoms with E-state index in [4.69, 9.17) is 21.5 Å². The fraction of sp³-hybridized carbons (Fsp3) is 0.909. The highest BCUT2D eigenvalue weighted by atomic mass is 32.2. The number of rotatable bonds is 10. The standard InChI is InChI=1S/C11H23BF2N4O6S/c13-9(14)8(15)4-17-25(23,24)18-5-7(2-1-3-12(21)22)11(16,6-18)10(19)20/h7-9,17,21-22H,1-6,15-16H2,(H,19,20)/t7-,8?,11-/m0/s1. The quantitative estimate of drug-likeness (QED) is 0.220. The van der Waals surface area contributed by atoms with Crippen molar-refractivity contribution in [3.63, 3.8) is 0 Å². The molecule has 1 aliphatic rings. The van der Waals surface area contributed by atoms with Crippen molar-refractivity contribution in [3.8, 4) is 0 Å². The van der Waals surface area contributed by atoms with Crippen LogP contribution in [0.1, 0.15) is 12.8 Å². The Bertz CT molecular complexity index is 569. The zero-order valence-electron chi connectivity index (χ0n) is 13.4. The van der Waals surface area contributed by atoms with Crippen LogP contribution in [-0.2, 0) is 15.0 Å². The molecule has 8 N–H and O–H groups in total. The highest BCUT2D eigenvalue weighted by molar-refractivity contribution is 7.87. The number of carbonyl (C=O) groups is 1. The molecule has 0 aromatic rings. The minimum atomic E-state index is -4.24. The van der Waals surface area contributed by atoms with Crippen molar-refractivity contribution in [2.45, 2.75) is 37.2 Å². The zero-order chi connectivity index (χ0) is 19.4. The lowest BCUT2D eigenvalue weighted by Crippen LogP contribution is -2.55. The van der Waals surface area contributed by atoms with Gasteiger partial charge in [0, 0.05) is 25.6 Å². The van der Waals surface area contributed by atoms with Gasteiger partial charge in [0.05, 0.1) is 6.04 Å². The van der Waals surface area contributed by atoms with Crippen LogP contribution in [0.5, 0.6) is 0 Å². The molecule has 3 atom stereocenters. The maximum absolute atomic E-state index is 12.4. The smallest absolute Gasteiger partial charge is 0.451 e. The molecule has 1 rings (SSSR count). The predicted molar refractivity (Wildman–Crippen MR) is 84.8 cm³/mol. The van der Waals surface area contributed by atoms with Gasteiger partial charge in [-0.05, 0) is 12.7 Å². The van der Waals surface area contributed by atoms with Crippen LogP contribution >= 0.6 is 0 Å². The second kappa shape index (κ2) is 8.66. The number of hydrogen-bond donors (Lipinski definition) is 6. The fourth-order valence-corrected chi connectivity index (χ4v) is 3.94. The van der Waals surface area contributed by atoms with Gasteiger partial charge in [-0.25, -0.2) is 13.5 Å². The number of hydrogen-bond acceptors (Lipinski definition) is 7. The third-order valence-corrected chi connectivity index (χ3v) is 5.66. The Morgan fingerprint density at radius 1 is 1.44 bits per heavy atom. The topological polar surface area (TPSA) is 179 Å². The van der Waals surface area contributed by atoms with E-state index in [2.05, 4.69) is 0 Å². The molecule has 1 heterocycles. The molecule has 0 amide bonds. The molecule has 10 nitrogen and oxygen atoms in total. The molecule has 1 fully saturated rings. The molecule has 14 heteroatoms. The summed E-state index contributed by atoms with van der Waals surface area (Å²) in [5.74, 6) is -2.17. The van der Waals surface area contributed by atoms with Crippen LogP contribution in [0.4, 0.5) is 8.78 Å². The van der Waals surface area contributed by atoms with Gasteiger partial charge in [-0.2, -0.15) is 12.7 Å². The second-order valence-electron chi connectivity index (χ2n) is 6.10. The SMILES string of the molecule is NC(CNS(=O)(=O)N1C[C@H](CCCB(O)O)[C@](N)(C(=O)O)C1)C(F)F. The number of alkyl halides is 2. The van der Waals surface area contributed by atoms with Crippen molar-refractivity contribution >= 4 is 23.3 Å². The summed E-state index contributed by atoms with van der Waals surface area (Å²) in [5.41, 5.74) is 9.07. The molecular formula is C11H23BF2N4O6S. The molecule has 1 unspecified atom stereocenters. The van der Waals surface area contributed by atoms with Crippen LogP contribution in [0.3, 0.4) is 0 Å². The molecule has 0 aliphatic carbocycles. The molecule has 0 bridgehead atoms. The molecule has 0 aromatic carbocycles. The van der Waals surface area contributed by atoms with Crippen molar-refractivity contribution in [2.75, 3.05) is 19.6 Å². The normalized spacial score (nSPS) is 26.1. The van der Waals surface area contributed by atoms with E-state index in [1.807, 2.05) is 4.72 Å². The molecule has 1 saturated heterocycles. The summed E-state index contributed by atoms with van der Waals surface area (Å²) in [4.78, 5) is 11.5. The first-order valence-electron chi connectivity index (χ1n) is 7.57. The summed E-state index contributed by atoms with van der Waals surface area (Å²) in [6, 6.07) is -1.69. The van der Waals surface area contributed by atoms with Crippen molar-refractivity contribution in [1.82, 2.24) is 9.03 Å². The van der Waals surface area contributed by atoms with E-state index in [-0.39, 0.29) is 25.7 Å². The molecule has 0 aromatic heterocycles. The van der Waals surface area contributed by atoms with Crippen LogP contribution in [-0.4, -0.2) is 78.6 Å². The molecule has 25 heavy (non-hydrogen) atoms. The number of carboxylic acids is 1. The summed E-state index contributed by atoms with van der Waals surface area (Å²) in [5, 5.41) is 27.0. The first kappa shape index (κ1) is 22.1. The second-order valence-corrected chi connectivity index (χ2v) is 7.85. The number of nitrogens with one attached hydrogen (secondary N) is 1. The monoisotopic (exact) mass is 388 g/mol. The third kappa shape index (κ3) is 5.81. The number of carboxylic acid groups (broad SMARTS) is 1. The van der Waals surface area contributed by atoms with Gasteiger partial charge in [0.25, 0.3) is 16.6 Å². The van der Waals surface area contributed by atoms with E-state index >= 15 is 0 Å². The number of nitrogens with two attached hydrogens (primary N) is 2. The van der Waals surface area contributed by atoms with E-state index in [1.165, 1.54) is 0 Å². The molecule has 0 spiro atoms. The largest absolute Gasteiger partial charge is 0.480 e. The number of halogens is 2. The number of aliphatic carboxylic acids is 1. The lowest BCUT2D eigenvalue weighted by Gasteiger charge is -2.25. The Balaban J connectivity index is 2.80. The van der Waals surface area contributed by atoms with E-state index in [0.29, 0.717) is 0 Å². The Hall–Kier alpha value is -0.895. The summed E-state index contributed by atoms with van der Waals surface area (Å²) < 4.78 is 51.8. The molecule has 1 aliphatic heterocycles. The minimum absolute atomic E-state index is 0.0135. The summed E-state index contributed by atoms with van der Waals surface area (Å²) in [6.07, 6.45) is -2.54. The van der Waals surface area contributed by atoms with E-state index in [0.717, 1.165) is 4.31 Å². The third-order valence-electron chi connectivity index (χ3n) is 4.17. The fourth-order valence-electron chi connectivity index (χ4n) is 2.60. The van der Waals surface area contributed by atoms with Gasteiger partial charge in [0.2, 0.25) is 0 Å². The Labute approximate surface area is 144 Å². The maximum atomic E-state index is 12.4. The highest BCUT2D eigenvalue weighted by Gasteiger charge is 2.52. The van der Waals surface area contributed by atoms with Crippen LogP contribution in [0, 0.1) is 5.92 Å². The lowest BCUT2D eigenvalue weighted by molar-refractivity contribution is -0.144. The van der Waals surface area contributed by atoms with Gasteiger partial charge >= 0.3 is 13.1 Å². The molecule has 0 saturated carbocycles. The lowest BCUT2D eigenvalue weighted by atomic mass is 9.78. The molecule has 0 radical (unpaired) electrons. The van der Waals surface area contributed by atoms with Crippen molar-refractivity contribution in [3.05, 3.63) is 0 Å². The van der Waals surface area contributed by atoms with Crippen LogP contribution in [0.25, 0.3) is 0 Å². The molecule has 146 valence electrons. The van der Waals surface area contributed by atoms with Crippen LogP contribution < -0.4 is 16.2 Å². The first-order valence-corrected chi connectivity index (χ1v) is 9.01. The predicted octanol–water partition coefficient (Wildman–Crippen LogP) is -2.62. The van der Waals surface area contributed by atoms with Gasteiger partial charge in [0.15, 0.2) is 0 Å². The zero-order valence-corrected chi connectivity index (χ0v) is 14.2. The Kier molecular flexibility index (Phi) is 7.67. The highest BCUT2D eigenvalue weighted by Crippen LogP contribution is 2.31. The first-order chi connectivity index (χ1) is 11.4. The minimum Gasteiger partial charge on any atom is -0.480 e. The summed E-state index contributed by atoms with van der Waals surface area (Å²) in [7, 11) is -5.80. The van der Waals surface area contributed by atoms with Gasteiger partial charge in [0.1, 0.15) is 5.54 Å². The average molecular weight is 388 g/mol. The van der Waals surface area contributed by atoms with Crippen molar-refractivity contribution < 1.29 is 37.1 Å². The van der Waals surface area contributed by atoms with Crippen molar-refractivity contribution in [1.29, 1.82) is 0 Å². The van der Waals surface area contributed by atoms with E-state index in [1.54, 1.807) is 0 Å². The summed E-state index contributed by atoms with van der Waals surface area (Å²) >= 11 is 0. The van der Waals surface area contributed by atoms with Gasteiger partial charge < -0.3 is 26.6 Å². The average Bonchev–Trinajstić information content (AvgIpc) is 2.84. The molecular weight excluding hydrogens is 365 g/mol. The maximum Gasteiger partial charge on any atom is 0.451 e. The van der Waals surface area contributed by atoms with E-state index < -0.39 is 60.3 Å². The van der Waals surface area contributed by atoms with Crippen LogP contribution in [0.15, 0.2) is 0 Å².